The largest absolute Gasteiger partial charge is 0.469 e. The van der Waals surface area contributed by atoms with Gasteiger partial charge in [0.15, 0.2) is 0 Å². The first-order chi connectivity index (χ1) is 7.45. The minimum absolute atomic E-state index is 0.0872. The van der Waals surface area contributed by atoms with Crippen molar-refractivity contribution in [2.75, 3.05) is 7.11 Å². The Morgan fingerprint density at radius 3 is 2.81 bits per heavy atom. The van der Waals surface area contributed by atoms with Gasteiger partial charge in [-0.15, -0.1) is 0 Å². The van der Waals surface area contributed by atoms with E-state index in [0.29, 0.717) is 4.47 Å². The van der Waals surface area contributed by atoms with Crippen LogP contribution in [-0.4, -0.2) is 18.1 Å². The molecule has 0 aliphatic rings. The van der Waals surface area contributed by atoms with Gasteiger partial charge in [0.05, 0.1) is 28.7 Å². The number of nitrogens with zero attached hydrogens (tertiary/aromatic N) is 1. The van der Waals surface area contributed by atoms with E-state index in [1.165, 1.54) is 7.11 Å². The zero-order valence-corrected chi connectivity index (χ0v) is 10.5. The second-order valence-corrected chi connectivity index (χ2v) is 4.04. The lowest BCUT2D eigenvalue weighted by molar-refractivity contribution is -0.139. The van der Waals surface area contributed by atoms with E-state index in [0.717, 1.165) is 6.07 Å². The third kappa shape index (κ3) is 3.12. The summed E-state index contributed by atoms with van der Waals surface area (Å²) in [6, 6.07) is 1.05. The summed E-state index contributed by atoms with van der Waals surface area (Å²) in [5.74, 6) is -0.573. The maximum Gasteiger partial charge on any atom is 0.311 e. The van der Waals surface area contributed by atoms with Crippen LogP contribution >= 0.6 is 27.5 Å². The Kier molecular flexibility index (Phi) is 4.61. The molecule has 0 aromatic carbocycles. The first-order valence-electron chi connectivity index (χ1n) is 4.15. The summed E-state index contributed by atoms with van der Waals surface area (Å²) in [7, 11) is 1.20. The van der Waals surface area contributed by atoms with Crippen molar-refractivity contribution in [3.63, 3.8) is 0 Å². The molecule has 0 radical (unpaired) electrons. The van der Waals surface area contributed by atoms with Gasteiger partial charge in [-0.05, 0) is 22.0 Å². The molecular formula is C9H7BrClF2NO2. The molecule has 0 N–H and O–H groups in total. The molecule has 16 heavy (non-hydrogen) atoms. The Hall–Kier alpha value is -0.750. The molecule has 0 unspecified atom stereocenters. The second-order valence-electron chi connectivity index (χ2n) is 2.84. The number of alkyl halides is 2. The summed E-state index contributed by atoms with van der Waals surface area (Å²) >= 11 is 8.79. The molecule has 0 saturated carbocycles. The van der Waals surface area contributed by atoms with Crippen LogP contribution in [0.15, 0.2) is 10.5 Å². The van der Waals surface area contributed by atoms with Crippen LogP contribution in [0.25, 0.3) is 0 Å². The summed E-state index contributed by atoms with van der Waals surface area (Å²) in [5.41, 5.74) is -0.332. The molecule has 1 heterocycles. The molecule has 1 rings (SSSR count). The van der Waals surface area contributed by atoms with Crippen molar-refractivity contribution in [1.82, 2.24) is 4.98 Å². The SMILES string of the molecule is COC(=O)Cc1nc(C(F)F)cc(Cl)c1Br. The van der Waals surface area contributed by atoms with Crippen LogP contribution in [0.2, 0.25) is 5.02 Å². The lowest BCUT2D eigenvalue weighted by atomic mass is 10.2. The molecule has 0 bridgehead atoms. The molecule has 0 amide bonds. The van der Waals surface area contributed by atoms with Crippen LogP contribution < -0.4 is 0 Å². The van der Waals surface area contributed by atoms with Gasteiger partial charge in [-0.1, -0.05) is 11.6 Å². The first kappa shape index (κ1) is 13.3. The van der Waals surface area contributed by atoms with E-state index in [1.807, 2.05) is 0 Å². The topological polar surface area (TPSA) is 39.2 Å². The molecule has 3 nitrogen and oxygen atoms in total. The van der Waals surface area contributed by atoms with E-state index in [4.69, 9.17) is 11.6 Å². The number of halogens is 4. The van der Waals surface area contributed by atoms with Crippen molar-refractivity contribution in [1.29, 1.82) is 0 Å². The molecule has 1 aromatic heterocycles. The van der Waals surface area contributed by atoms with E-state index in [-0.39, 0.29) is 17.1 Å². The predicted octanol–water partition coefficient (Wildman–Crippen LogP) is 3.15. The van der Waals surface area contributed by atoms with E-state index in [9.17, 15) is 13.6 Å². The Labute approximate surface area is 104 Å². The Balaban J connectivity index is 3.11. The van der Waals surface area contributed by atoms with Gasteiger partial charge in [0.1, 0.15) is 5.69 Å². The normalized spacial score (nSPS) is 10.6. The minimum atomic E-state index is -2.73. The lowest BCUT2D eigenvalue weighted by Crippen LogP contribution is -2.08. The van der Waals surface area contributed by atoms with Gasteiger partial charge >= 0.3 is 5.97 Å². The molecule has 7 heteroatoms. The van der Waals surface area contributed by atoms with Gasteiger partial charge in [0, 0.05) is 0 Å². The van der Waals surface area contributed by atoms with E-state index in [1.54, 1.807) is 0 Å². The number of hydrogen-bond donors (Lipinski definition) is 0. The fourth-order valence-electron chi connectivity index (χ4n) is 1.01. The molecule has 88 valence electrons. The van der Waals surface area contributed by atoms with Crippen LogP contribution in [0, 0.1) is 0 Å². The van der Waals surface area contributed by atoms with Crippen molar-refractivity contribution in [3.8, 4) is 0 Å². The van der Waals surface area contributed by atoms with Gasteiger partial charge < -0.3 is 4.74 Å². The monoisotopic (exact) mass is 313 g/mol. The fourth-order valence-corrected chi connectivity index (χ4v) is 1.57. The zero-order chi connectivity index (χ0) is 12.3. The predicted molar refractivity (Wildman–Crippen MR) is 57.6 cm³/mol. The Morgan fingerprint density at radius 1 is 1.69 bits per heavy atom. The van der Waals surface area contributed by atoms with Gasteiger partial charge in [-0.2, -0.15) is 0 Å². The third-order valence-corrected chi connectivity index (χ3v) is 3.18. The molecule has 0 aliphatic heterocycles. The summed E-state index contributed by atoms with van der Waals surface area (Å²) in [5, 5.41) is 0.0872. The number of aromatic nitrogens is 1. The first-order valence-corrected chi connectivity index (χ1v) is 5.32. The highest BCUT2D eigenvalue weighted by atomic mass is 79.9. The number of carbonyl (C=O) groups excluding carboxylic acids is 1. The number of pyridine rings is 1. The van der Waals surface area contributed by atoms with Crippen LogP contribution in [0.1, 0.15) is 17.8 Å². The molecule has 0 saturated heterocycles. The molecule has 0 atom stereocenters. The highest BCUT2D eigenvalue weighted by molar-refractivity contribution is 9.10. The Bertz CT molecular complexity index is 415. The highest BCUT2D eigenvalue weighted by Crippen LogP contribution is 2.29. The van der Waals surface area contributed by atoms with Gasteiger partial charge in [-0.3, -0.25) is 4.79 Å². The van der Waals surface area contributed by atoms with Crippen molar-refractivity contribution in [3.05, 3.63) is 26.9 Å². The maximum absolute atomic E-state index is 12.4. The number of ether oxygens (including phenoxy) is 1. The van der Waals surface area contributed by atoms with E-state index >= 15 is 0 Å². The number of esters is 1. The van der Waals surface area contributed by atoms with Gasteiger partial charge in [0.25, 0.3) is 6.43 Å². The summed E-state index contributed by atoms with van der Waals surface area (Å²) in [6.07, 6.45) is -2.95. The second kappa shape index (κ2) is 5.54. The van der Waals surface area contributed by atoms with Crippen LogP contribution in [0.5, 0.6) is 0 Å². The number of rotatable bonds is 3. The average molecular weight is 315 g/mol. The molecule has 0 aliphatic carbocycles. The molecular weight excluding hydrogens is 307 g/mol. The molecule has 0 fully saturated rings. The van der Waals surface area contributed by atoms with Crippen LogP contribution in [0.4, 0.5) is 8.78 Å². The average Bonchev–Trinajstić information content (AvgIpc) is 2.23. The van der Waals surface area contributed by atoms with Crippen molar-refractivity contribution in [2.24, 2.45) is 0 Å². The fraction of sp³-hybridized carbons (Fsp3) is 0.333. The summed E-state index contributed by atoms with van der Waals surface area (Å²) in [6.45, 7) is 0. The smallest absolute Gasteiger partial charge is 0.311 e. The lowest BCUT2D eigenvalue weighted by Gasteiger charge is -2.07. The molecule has 0 spiro atoms. The van der Waals surface area contributed by atoms with Crippen molar-refractivity contribution < 1.29 is 18.3 Å². The molecule has 1 aromatic rings. The van der Waals surface area contributed by atoms with Crippen LogP contribution in [-0.2, 0) is 16.0 Å². The van der Waals surface area contributed by atoms with Gasteiger partial charge in [-0.25, -0.2) is 13.8 Å². The zero-order valence-electron chi connectivity index (χ0n) is 8.14. The van der Waals surface area contributed by atoms with E-state index < -0.39 is 18.1 Å². The third-order valence-electron chi connectivity index (χ3n) is 1.76. The standard InChI is InChI=1S/C9H7BrClF2NO2/c1-16-7(15)3-5-8(10)4(11)2-6(14-5)9(12)13/h2,9H,3H2,1H3. The number of carbonyl (C=O) groups is 1. The Morgan fingerprint density at radius 2 is 2.31 bits per heavy atom. The maximum atomic E-state index is 12.4. The van der Waals surface area contributed by atoms with Crippen molar-refractivity contribution >= 4 is 33.5 Å². The quantitative estimate of drug-likeness (QED) is 0.805. The van der Waals surface area contributed by atoms with Crippen molar-refractivity contribution in [2.45, 2.75) is 12.8 Å². The number of hydrogen-bond acceptors (Lipinski definition) is 3. The summed E-state index contributed by atoms with van der Waals surface area (Å²) < 4.78 is 29.6. The summed E-state index contributed by atoms with van der Waals surface area (Å²) in [4.78, 5) is 14.7. The highest BCUT2D eigenvalue weighted by Gasteiger charge is 2.17. The van der Waals surface area contributed by atoms with Gasteiger partial charge in [0.2, 0.25) is 0 Å². The van der Waals surface area contributed by atoms with E-state index in [2.05, 4.69) is 25.7 Å². The minimum Gasteiger partial charge on any atom is -0.469 e. The van der Waals surface area contributed by atoms with Crippen LogP contribution in [0.3, 0.4) is 0 Å². The number of methoxy groups -OCH3 is 1.